The second-order valence-corrected chi connectivity index (χ2v) is 7.18. The van der Waals surface area contributed by atoms with Crippen LogP contribution in [-0.2, 0) is 0 Å². The first-order chi connectivity index (χ1) is 9.77. The number of benzene rings is 1. The van der Waals surface area contributed by atoms with Gasteiger partial charge in [0.25, 0.3) is 0 Å². The summed E-state index contributed by atoms with van der Waals surface area (Å²) in [5, 5.41) is 0. The molecule has 2 rings (SSSR count). The predicted octanol–water partition coefficient (Wildman–Crippen LogP) is 2.90. The first kappa shape index (κ1) is 16.2. The van der Waals surface area contributed by atoms with Crippen LogP contribution < -0.4 is 0 Å². The summed E-state index contributed by atoms with van der Waals surface area (Å²) in [4.78, 5) is 17.2. The van der Waals surface area contributed by atoms with Gasteiger partial charge in [-0.15, -0.1) is 0 Å². The Hall–Kier alpha value is -1.19. The highest BCUT2D eigenvalue weighted by Crippen LogP contribution is 2.17. The van der Waals surface area contributed by atoms with Crippen LogP contribution in [0, 0.1) is 13.8 Å². The monoisotopic (exact) mass is 288 g/mol. The van der Waals surface area contributed by atoms with Gasteiger partial charge in [0.15, 0.2) is 5.78 Å². The van der Waals surface area contributed by atoms with Gasteiger partial charge < -0.3 is 0 Å². The van der Waals surface area contributed by atoms with Crippen molar-refractivity contribution in [1.82, 2.24) is 9.80 Å². The van der Waals surface area contributed by atoms with E-state index in [0.29, 0.717) is 6.54 Å². The van der Waals surface area contributed by atoms with Crippen LogP contribution in [0.4, 0.5) is 0 Å². The molecule has 1 fully saturated rings. The zero-order chi connectivity index (χ0) is 15.6. The van der Waals surface area contributed by atoms with E-state index in [1.807, 2.05) is 19.1 Å². The molecular formula is C18H28N2O. The largest absolute Gasteiger partial charge is 0.296 e. The van der Waals surface area contributed by atoms with Crippen molar-refractivity contribution in [3.63, 3.8) is 0 Å². The van der Waals surface area contributed by atoms with Crippen molar-refractivity contribution in [2.45, 2.75) is 40.2 Å². The Morgan fingerprint density at radius 3 is 2.24 bits per heavy atom. The lowest BCUT2D eigenvalue weighted by molar-refractivity contribution is 0.0579. The van der Waals surface area contributed by atoms with E-state index in [-0.39, 0.29) is 11.3 Å². The summed E-state index contributed by atoms with van der Waals surface area (Å²) in [6.07, 6.45) is 0. The van der Waals surface area contributed by atoms with Gasteiger partial charge in [-0.05, 0) is 40.2 Å². The average molecular weight is 288 g/mol. The van der Waals surface area contributed by atoms with Crippen molar-refractivity contribution in [2.24, 2.45) is 0 Å². The number of piperazine rings is 1. The van der Waals surface area contributed by atoms with Gasteiger partial charge in [0.2, 0.25) is 0 Å². The molecule has 1 aromatic carbocycles. The zero-order valence-electron chi connectivity index (χ0n) is 14.1. The molecule has 0 spiro atoms. The summed E-state index contributed by atoms with van der Waals surface area (Å²) in [6.45, 7) is 15.4. The van der Waals surface area contributed by atoms with Crippen molar-refractivity contribution in [1.29, 1.82) is 0 Å². The Bertz CT molecular complexity index is 508. The molecule has 1 aliphatic heterocycles. The van der Waals surface area contributed by atoms with E-state index in [4.69, 9.17) is 0 Å². The second-order valence-electron chi connectivity index (χ2n) is 7.18. The third-order valence-electron chi connectivity index (χ3n) is 4.37. The minimum Gasteiger partial charge on any atom is -0.296 e. The van der Waals surface area contributed by atoms with Crippen LogP contribution in [0.2, 0.25) is 0 Å². The number of carbonyl (C=O) groups is 1. The summed E-state index contributed by atoms with van der Waals surface area (Å²) in [7, 11) is 0. The Balaban J connectivity index is 1.93. The molecular weight excluding hydrogens is 260 g/mol. The fourth-order valence-electron chi connectivity index (χ4n) is 2.99. The lowest BCUT2D eigenvalue weighted by atomic mass is 10.0. The number of carbonyl (C=O) groups excluding carboxylic acids is 1. The van der Waals surface area contributed by atoms with Crippen LogP contribution in [-0.4, -0.2) is 53.8 Å². The molecule has 1 aromatic rings. The Kier molecular flexibility index (Phi) is 4.84. The van der Waals surface area contributed by atoms with E-state index < -0.39 is 0 Å². The van der Waals surface area contributed by atoms with Crippen molar-refractivity contribution < 1.29 is 4.79 Å². The average Bonchev–Trinajstić information content (AvgIpc) is 2.38. The van der Waals surface area contributed by atoms with Gasteiger partial charge in [-0.25, -0.2) is 0 Å². The molecule has 0 N–H and O–H groups in total. The SMILES string of the molecule is Cc1ccc(C(=O)CN2CCN(C(C)(C)C)CC2)c(C)c1. The molecule has 21 heavy (non-hydrogen) atoms. The zero-order valence-corrected chi connectivity index (χ0v) is 14.1. The molecule has 1 heterocycles. The summed E-state index contributed by atoms with van der Waals surface area (Å²) < 4.78 is 0. The number of Topliss-reactive ketones (excluding diaryl/α,β-unsaturated/α-hetero) is 1. The number of hydrogen-bond acceptors (Lipinski definition) is 3. The van der Waals surface area contributed by atoms with Crippen LogP contribution in [0.3, 0.4) is 0 Å². The van der Waals surface area contributed by atoms with E-state index in [1.165, 1.54) is 5.56 Å². The minimum atomic E-state index is 0.226. The normalized spacial score (nSPS) is 18.0. The highest BCUT2D eigenvalue weighted by Gasteiger charge is 2.26. The molecule has 0 radical (unpaired) electrons. The number of nitrogens with zero attached hydrogens (tertiary/aromatic N) is 2. The lowest BCUT2D eigenvalue weighted by Gasteiger charge is -2.42. The van der Waals surface area contributed by atoms with Gasteiger partial charge in [0.05, 0.1) is 6.54 Å². The van der Waals surface area contributed by atoms with Crippen molar-refractivity contribution in [2.75, 3.05) is 32.7 Å². The van der Waals surface area contributed by atoms with E-state index in [9.17, 15) is 4.79 Å². The number of hydrogen-bond donors (Lipinski definition) is 0. The maximum atomic E-state index is 12.5. The molecule has 0 bridgehead atoms. The second kappa shape index (κ2) is 6.29. The molecule has 1 saturated heterocycles. The molecule has 0 unspecified atom stereocenters. The molecule has 1 aliphatic rings. The van der Waals surface area contributed by atoms with Gasteiger partial charge in [0.1, 0.15) is 0 Å². The first-order valence-corrected chi connectivity index (χ1v) is 7.85. The number of ketones is 1. The molecule has 3 heteroatoms. The fourth-order valence-corrected chi connectivity index (χ4v) is 2.99. The number of rotatable bonds is 3. The Labute approximate surface area is 128 Å². The minimum absolute atomic E-state index is 0.226. The summed E-state index contributed by atoms with van der Waals surface area (Å²) >= 11 is 0. The van der Waals surface area contributed by atoms with Crippen LogP contribution >= 0.6 is 0 Å². The molecule has 0 aliphatic carbocycles. The van der Waals surface area contributed by atoms with E-state index in [0.717, 1.165) is 37.3 Å². The third-order valence-corrected chi connectivity index (χ3v) is 4.37. The highest BCUT2D eigenvalue weighted by molar-refractivity contribution is 5.99. The third kappa shape index (κ3) is 4.14. The molecule has 0 aromatic heterocycles. The standard InChI is InChI=1S/C18H28N2O/c1-14-6-7-16(15(2)12-14)17(21)13-19-8-10-20(11-9-19)18(3,4)5/h6-7,12H,8-11,13H2,1-5H3. The van der Waals surface area contributed by atoms with E-state index >= 15 is 0 Å². The van der Waals surface area contributed by atoms with Crippen molar-refractivity contribution >= 4 is 5.78 Å². The summed E-state index contributed by atoms with van der Waals surface area (Å²) in [5.74, 6) is 0.247. The van der Waals surface area contributed by atoms with Gasteiger partial charge in [0, 0.05) is 37.3 Å². The molecule has 3 nitrogen and oxygen atoms in total. The fraction of sp³-hybridized carbons (Fsp3) is 0.611. The molecule has 116 valence electrons. The summed E-state index contributed by atoms with van der Waals surface area (Å²) in [6, 6.07) is 6.08. The quantitative estimate of drug-likeness (QED) is 0.799. The van der Waals surface area contributed by atoms with Gasteiger partial charge in [-0.2, -0.15) is 0 Å². The summed E-state index contributed by atoms with van der Waals surface area (Å²) in [5.41, 5.74) is 3.40. The molecule has 0 atom stereocenters. The van der Waals surface area contributed by atoms with Gasteiger partial charge in [-0.3, -0.25) is 14.6 Å². The van der Waals surface area contributed by atoms with Gasteiger partial charge in [-0.1, -0.05) is 23.8 Å². The van der Waals surface area contributed by atoms with Crippen molar-refractivity contribution in [3.8, 4) is 0 Å². The maximum absolute atomic E-state index is 12.5. The Morgan fingerprint density at radius 2 is 1.71 bits per heavy atom. The van der Waals surface area contributed by atoms with Crippen LogP contribution in [0.5, 0.6) is 0 Å². The lowest BCUT2D eigenvalue weighted by Crippen LogP contribution is -2.54. The van der Waals surface area contributed by atoms with Crippen LogP contribution in [0.1, 0.15) is 42.3 Å². The van der Waals surface area contributed by atoms with Crippen molar-refractivity contribution in [3.05, 3.63) is 34.9 Å². The molecule has 0 amide bonds. The highest BCUT2D eigenvalue weighted by atomic mass is 16.1. The van der Waals surface area contributed by atoms with Crippen LogP contribution in [0.15, 0.2) is 18.2 Å². The number of aryl methyl sites for hydroxylation is 2. The first-order valence-electron chi connectivity index (χ1n) is 7.85. The maximum Gasteiger partial charge on any atom is 0.177 e. The topological polar surface area (TPSA) is 23.6 Å². The van der Waals surface area contributed by atoms with Crippen LogP contribution in [0.25, 0.3) is 0 Å². The van der Waals surface area contributed by atoms with E-state index in [1.54, 1.807) is 0 Å². The predicted molar refractivity (Wildman–Crippen MR) is 88.0 cm³/mol. The molecule has 0 saturated carbocycles. The Morgan fingerprint density at radius 1 is 1.10 bits per heavy atom. The smallest absolute Gasteiger partial charge is 0.177 e. The van der Waals surface area contributed by atoms with Gasteiger partial charge >= 0.3 is 0 Å². The van der Waals surface area contributed by atoms with E-state index in [2.05, 4.69) is 43.6 Å².